The Hall–Kier alpha value is -3.58. The van der Waals surface area contributed by atoms with Gasteiger partial charge in [-0.1, -0.05) is 67.6 Å². The van der Waals surface area contributed by atoms with E-state index in [2.05, 4.69) is 0 Å². The second kappa shape index (κ2) is 19.7. The second-order valence-corrected chi connectivity index (χ2v) is 11.8. The van der Waals surface area contributed by atoms with Crippen molar-refractivity contribution < 1.29 is 37.8 Å². The van der Waals surface area contributed by atoms with E-state index >= 15 is 0 Å². The van der Waals surface area contributed by atoms with Crippen LogP contribution in [-0.2, 0) is 33.4 Å². The van der Waals surface area contributed by atoms with Crippen LogP contribution in [0.2, 0.25) is 5.02 Å². The van der Waals surface area contributed by atoms with Crippen LogP contribution in [-0.4, -0.2) is 46.0 Å². The number of halogens is 4. The van der Waals surface area contributed by atoms with Gasteiger partial charge in [-0.15, -0.1) is 0 Å². The summed E-state index contributed by atoms with van der Waals surface area (Å²) < 4.78 is 37.6. The van der Waals surface area contributed by atoms with Crippen LogP contribution in [0.25, 0.3) is 0 Å². The molecule has 1 fully saturated rings. The summed E-state index contributed by atoms with van der Waals surface area (Å²) in [6.07, 6.45) is 5.55. The summed E-state index contributed by atoms with van der Waals surface area (Å²) in [4.78, 5) is 36.2. The first-order chi connectivity index (χ1) is 21.4. The van der Waals surface area contributed by atoms with Crippen molar-refractivity contribution in [2.24, 2.45) is 11.8 Å². The van der Waals surface area contributed by atoms with Crippen molar-refractivity contribution in [2.45, 2.75) is 89.6 Å². The first kappa shape index (κ1) is 37.6. The molecule has 1 aliphatic rings. The van der Waals surface area contributed by atoms with Crippen molar-refractivity contribution >= 4 is 29.4 Å². The number of nitrogens with zero attached hydrogens (tertiary/aromatic N) is 2. The lowest BCUT2D eigenvalue weighted by atomic mass is 9.97. The molecule has 45 heavy (non-hydrogen) atoms. The minimum atomic E-state index is -4.34. The summed E-state index contributed by atoms with van der Waals surface area (Å²) in [7, 11) is 0. The number of hydrogen-bond donors (Lipinski definition) is 2. The van der Waals surface area contributed by atoms with Crippen molar-refractivity contribution in [1.29, 1.82) is 5.26 Å². The molecule has 0 saturated carbocycles. The molecule has 2 unspecified atom stereocenters. The Bertz CT molecular complexity index is 1260. The zero-order valence-corrected chi connectivity index (χ0v) is 26.2. The standard InChI is InChI=1S/C19H26ClNO3.C15H16F3NO2/c20-16-11-9-15(10-12-16)7-3-1-4-8-17(19(23)24)18(22)21-13-5-2-6-14-21;16-15(17,18)13-8-4-6-11(9-13)5-2-1-3-7-12(10-19)14(20)21/h9-12,17H,1-8,13-14H2,(H,23,24);4,6,8-9,12H,1-3,5,7H2,(H,20,21). The normalized spacial score (nSPS) is 14.4. The molecule has 11 heteroatoms. The van der Waals surface area contributed by atoms with Crippen LogP contribution in [0.5, 0.6) is 0 Å². The summed E-state index contributed by atoms with van der Waals surface area (Å²) in [5.41, 5.74) is 1.19. The molecule has 246 valence electrons. The summed E-state index contributed by atoms with van der Waals surface area (Å²) in [6, 6.07) is 14.7. The zero-order valence-electron chi connectivity index (χ0n) is 25.4. The lowest BCUT2D eigenvalue weighted by molar-refractivity contribution is -0.152. The highest BCUT2D eigenvalue weighted by Crippen LogP contribution is 2.30. The summed E-state index contributed by atoms with van der Waals surface area (Å²) >= 11 is 5.86. The van der Waals surface area contributed by atoms with Crippen molar-refractivity contribution in [3.8, 4) is 6.07 Å². The summed E-state index contributed by atoms with van der Waals surface area (Å²) in [5, 5.41) is 27.4. The summed E-state index contributed by atoms with van der Waals surface area (Å²) in [5.74, 6) is -4.18. The first-order valence-corrected chi connectivity index (χ1v) is 15.8. The lowest BCUT2D eigenvalue weighted by Crippen LogP contribution is -2.42. The van der Waals surface area contributed by atoms with E-state index in [1.54, 1.807) is 17.0 Å². The third-order valence-corrected chi connectivity index (χ3v) is 8.05. The van der Waals surface area contributed by atoms with Gasteiger partial charge < -0.3 is 15.1 Å². The SMILES string of the molecule is N#CC(CCCCCc1cccc(C(F)(F)F)c1)C(=O)O.O=C(O)C(CCCCCc1ccc(Cl)cc1)C(=O)N1CCCCC1. The first-order valence-electron chi connectivity index (χ1n) is 15.5. The van der Waals surface area contributed by atoms with Gasteiger partial charge in [0.2, 0.25) is 5.91 Å². The Labute approximate surface area is 268 Å². The van der Waals surface area contributed by atoms with Gasteiger partial charge in [0.05, 0.1) is 11.6 Å². The quantitative estimate of drug-likeness (QED) is 0.148. The monoisotopic (exact) mass is 650 g/mol. The van der Waals surface area contributed by atoms with Gasteiger partial charge in [0.25, 0.3) is 0 Å². The van der Waals surface area contributed by atoms with Crippen LogP contribution >= 0.6 is 11.6 Å². The van der Waals surface area contributed by atoms with E-state index in [-0.39, 0.29) is 12.3 Å². The molecule has 2 atom stereocenters. The number of benzene rings is 2. The number of carbonyl (C=O) groups excluding carboxylic acids is 1. The number of rotatable bonds is 15. The fourth-order valence-corrected chi connectivity index (χ4v) is 5.32. The largest absolute Gasteiger partial charge is 0.481 e. The Morgan fingerprint density at radius 3 is 1.98 bits per heavy atom. The van der Waals surface area contributed by atoms with Crippen molar-refractivity contribution in [2.75, 3.05) is 13.1 Å². The number of carbonyl (C=O) groups is 3. The van der Waals surface area contributed by atoms with E-state index < -0.39 is 35.5 Å². The number of amides is 1. The van der Waals surface area contributed by atoms with Gasteiger partial charge in [-0.05, 0) is 87.1 Å². The van der Waals surface area contributed by atoms with E-state index in [1.165, 1.54) is 11.6 Å². The van der Waals surface area contributed by atoms with Crippen LogP contribution in [0.3, 0.4) is 0 Å². The van der Waals surface area contributed by atoms with Gasteiger partial charge in [0.1, 0.15) is 11.8 Å². The maximum absolute atomic E-state index is 12.5. The molecule has 1 heterocycles. The third kappa shape index (κ3) is 14.4. The number of aryl methyl sites for hydroxylation is 2. The highest BCUT2D eigenvalue weighted by Gasteiger charge is 2.31. The smallest absolute Gasteiger partial charge is 0.416 e. The molecular formula is C34H42ClF3N2O5. The molecule has 3 rings (SSSR count). The molecule has 0 bridgehead atoms. The zero-order chi connectivity index (χ0) is 33.2. The summed E-state index contributed by atoms with van der Waals surface area (Å²) in [6.45, 7) is 1.42. The van der Waals surface area contributed by atoms with Gasteiger partial charge >= 0.3 is 18.1 Å². The molecule has 0 radical (unpaired) electrons. The fraction of sp³-hybridized carbons (Fsp3) is 0.529. The number of hydrogen-bond acceptors (Lipinski definition) is 4. The topological polar surface area (TPSA) is 119 Å². The Kier molecular flexibility index (Phi) is 16.5. The molecule has 1 saturated heterocycles. The van der Waals surface area contributed by atoms with E-state index in [9.17, 15) is 32.7 Å². The fourth-order valence-electron chi connectivity index (χ4n) is 5.19. The van der Waals surface area contributed by atoms with Gasteiger partial charge in [-0.3, -0.25) is 14.4 Å². The Morgan fingerprint density at radius 1 is 0.822 bits per heavy atom. The van der Waals surface area contributed by atoms with Gasteiger partial charge in [0, 0.05) is 18.1 Å². The number of carboxylic acids is 2. The lowest BCUT2D eigenvalue weighted by Gasteiger charge is -2.29. The van der Waals surface area contributed by atoms with Crippen LogP contribution in [0.4, 0.5) is 13.2 Å². The van der Waals surface area contributed by atoms with E-state index in [0.29, 0.717) is 50.8 Å². The number of likely N-dealkylation sites (tertiary alicyclic amines) is 1. The van der Waals surface area contributed by atoms with Gasteiger partial charge in [-0.25, -0.2) is 0 Å². The maximum atomic E-state index is 12.5. The molecular weight excluding hydrogens is 609 g/mol. The van der Waals surface area contributed by atoms with Gasteiger partial charge in [-0.2, -0.15) is 18.4 Å². The molecule has 0 aromatic heterocycles. The second-order valence-electron chi connectivity index (χ2n) is 11.3. The Morgan fingerprint density at radius 2 is 1.42 bits per heavy atom. The molecule has 0 spiro atoms. The predicted octanol–water partition coefficient (Wildman–Crippen LogP) is 8.19. The van der Waals surface area contributed by atoms with E-state index in [0.717, 1.165) is 62.1 Å². The average Bonchev–Trinajstić information content (AvgIpc) is 3.01. The third-order valence-electron chi connectivity index (χ3n) is 7.80. The number of aliphatic carboxylic acids is 2. The van der Waals surface area contributed by atoms with Gasteiger partial charge in [0.15, 0.2) is 0 Å². The molecule has 1 aliphatic heterocycles. The highest BCUT2D eigenvalue weighted by atomic mass is 35.5. The number of carboxylic acid groups (broad SMARTS) is 2. The van der Waals surface area contributed by atoms with Crippen LogP contribution in [0.15, 0.2) is 48.5 Å². The minimum absolute atomic E-state index is 0.195. The Balaban J connectivity index is 0.000000317. The number of nitriles is 1. The van der Waals surface area contributed by atoms with E-state index in [1.807, 2.05) is 24.3 Å². The van der Waals surface area contributed by atoms with Crippen LogP contribution in [0.1, 0.15) is 87.3 Å². The minimum Gasteiger partial charge on any atom is -0.481 e. The highest BCUT2D eigenvalue weighted by molar-refractivity contribution is 6.30. The van der Waals surface area contributed by atoms with Crippen LogP contribution in [0, 0.1) is 23.2 Å². The molecule has 7 nitrogen and oxygen atoms in total. The molecule has 2 N–H and O–H groups in total. The maximum Gasteiger partial charge on any atom is 0.416 e. The van der Waals surface area contributed by atoms with Crippen molar-refractivity contribution in [3.05, 3.63) is 70.2 Å². The van der Waals surface area contributed by atoms with E-state index in [4.69, 9.17) is 22.0 Å². The predicted molar refractivity (Wildman–Crippen MR) is 166 cm³/mol. The number of alkyl halides is 3. The number of piperidine rings is 1. The number of unbranched alkanes of at least 4 members (excludes halogenated alkanes) is 4. The van der Waals surface area contributed by atoms with Crippen molar-refractivity contribution in [1.82, 2.24) is 4.90 Å². The molecule has 1 amide bonds. The molecule has 2 aromatic carbocycles. The van der Waals surface area contributed by atoms with Crippen molar-refractivity contribution in [3.63, 3.8) is 0 Å². The van der Waals surface area contributed by atoms with Crippen LogP contribution < -0.4 is 0 Å². The molecule has 2 aromatic rings. The molecule has 0 aliphatic carbocycles. The average molecular weight is 651 g/mol.